The van der Waals surface area contributed by atoms with Crippen LogP contribution in [0.2, 0.25) is 0 Å². The molecule has 0 N–H and O–H groups in total. The van der Waals surface area contributed by atoms with Gasteiger partial charge in [-0.25, -0.2) is 8.78 Å². The van der Waals surface area contributed by atoms with Crippen LogP contribution < -0.4 is 9.64 Å². The molecule has 0 bridgehead atoms. The number of alkyl halides is 6. The van der Waals surface area contributed by atoms with E-state index in [-0.39, 0.29) is 65.6 Å². The van der Waals surface area contributed by atoms with E-state index in [2.05, 4.69) is 21.4 Å². The van der Waals surface area contributed by atoms with Crippen molar-refractivity contribution in [3.63, 3.8) is 0 Å². The van der Waals surface area contributed by atoms with E-state index in [1.165, 1.54) is 6.07 Å². The van der Waals surface area contributed by atoms with Gasteiger partial charge in [0.05, 0.1) is 15.8 Å². The summed E-state index contributed by atoms with van der Waals surface area (Å²) in [6.45, 7) is 8.13. The summed E-state index contributed by atoms with van der Waals surface area (Å²) >= 11 is -0.152. The first kappa shape index (κ1) is 36.8. The van der Waals surface area contributed by atoms with Crippen LogP contribution >= 0.6 is 11.3 Å². The van der Waals surface area contributed by atoms with Crippen LogP contribution in [0.4, 0.5) is 40.9 Å². The number of hydrogen-bond acceptors (Lipinski definition) is 8. The number of nitriles is 1. The summed E-state index contributed by atoms with van der Waals surface area (Å²) in [6, 6.07) is 1.93. The van der Waals surface area contributed by atoms with Crippen molar-refractivity contribution in [3.8, 4) is 23.2 Å². The van der Waals surface area contributed by atoms with Gasteiger partial charge in [0.25, 0.3) is 0 Å². The topological polar surface area (TPSA) is 85.6 Å². The Balaban J connectivity index is 1.46. The highest BCUT2D eigenvalue weighted by Crippen LogP contribution is 2.54. The number of amides is 1. The minimum Gasteiger partial charge on any atom is -0.462 e. The van der Waals surface area contributed by atoms with Crippen LogP contribution in [0.5, 0.6) is 6.01 Å². The average molecular weight is 765 g/mol. The number of benzene rings is 2. The number of carbonyl (C=O) groups excluding carboxylic acids is 1. The van der Waals surface area contributed by atoms with E-state index in [9.17, 15) is 23.2 Å². The van der Waals surface area contributed by atoms with Gasteiger partial charge in [0, 0.05) is 54.1 Å². The number of rotatable bonds is 6. The number of piperazine rings is 1. The maximum Gasteiger partial charge on any atom is 0.426 e. The molecule has 2 aromatic heterocycles. The van der Waals surface area contributed by atoms with Crippen LogP contribution in [0.3, 0.4) is 0 Å². The van der Waals surface area contributed by atoms with E-state index in [0.717, 1.165) is 37.9 Å². The van der Waals surface area contributed by atoms with Crippen LogP contribution in [0.1, 0.15) is 49.1 Å². The normalized spacial score (nSPS) is 21.8. The summed E-state index contributed by atoms with van der Waals surface area (Å²) in [5.41, 5.74) is -5.12. The van der Waals surface area contributed by atoms with Crippen molar-refractivity contribution in [3.05, 3.63) is 58.5 Å². The molecule has 4 aromatic rings. The van der Waals surface area contributed by atoms with Crippen LogP contribution in [0.15, 0.2) is 30.9 Å². The molecule has 53 heavy (non-hydrogen) atoms. The number of anilines is 1. The molecular weight excluding hydrogens is 732 g/mol. The molecule has 0 unspecified atom stereocenters. The molecule has 1 amide bonds. The van der Waals surface area contributed by atoms with Crippen molar-refractivity contribution in [2.24, 2.45) is 5.41 Å². The molecule has 280 valence electrons. The summed E-state index contributed by atoms with van der Waals surface area (Å²) in [7, 11) is 1.94. The summed E-state index contributed by atoms with van der Waals surface area (Å²) in [4.78, 5) is 25.1. The quantitative estimate of drug-likeness (QED) is 0.145. The number of likely N-dealkylation sites (N-methyl/N-ethyl adjacent to an activating group) is 1. The Morgan fingerprint density at radius 1 is 1.11 bits per heavy atom. The number of halogens is 8. The zero-order chi connectivity index (χ0) is 38.4. The minimum absolute atomic E-state index is 0.0426. The van der Waals surface area contributed by atoms with E-state index in [4.69, 9.17) is 4.74 Å². The van der Waals surface area contributed by atoms with E-state index in [1.807, 2.05) is 7.05 Å². The second-order valence-corrected chi connectivity index (χ2v) is 15.2. The maximum atomic E-state index is 17.1. The van der Waals surface area contributed by atoms with Gasteiger partial charge in [-0.1, -0.05) is 12.6 Å². The van der Waals surface area contributed by atoms with Crippen molar-refractivity contribution in [2.75, 3.05) is 38.2 Å². The second kappa shape index (κ2) is 12.8. The number of aromatic nitrogens is 2. The van der Waals surface area contributed by atoms with Crippen molar-refractivity contribution < 1.29 is 44.7 Å². The zero-order valence-corrected chi connectivity index (χ0v) is 29.4. The zero-order valence-electron chi connectivity index (χ0n) is 28.6. The van der Waals surface area contributed by atoms with Crippen LogP contribution in [0, 0.1) is 28.4 Å². The third kappa shape index (κ3) is 6.33. The first-order valence-electron chi connectivity index (χ1n) is 16.7. The smallest absolute Gasteiger partial charge is 0.426 e. The molecule has 2 aliphatic heterocycles. The summed E-state index contributed by atoms with van der Waals surface area (Å²) in [6.07, 6.45) is -6.30. The lowest BCUT2D eigenvalue weighted by Crippen LogP contribution is -2.58. The lowest BCUT2D eigenvalue weighted by atomic mass is 9.92. The number of hydrogen-bond donors (Lipinski definition) is 0. The number of thiophene rings is 1. The molecule has 8 nitrogen and oxygen atoms in total. The molecule has 17 heteroatoms. The predicted molar refractivity (Wildman–Crippen MR) is 181 cm³/mol. The largest absolute Gasteiger partial charge is 0.462 e. The van der Waals surface area contributed by atoms with Gasteiger partial charge in [-0.2, -0.15) is 41.6 Å². The molecule has 0 radical (unpaired) electrons. The summed E-state index contributed by atoms with van der Waals surface area (Å²) < 4.78 is 125. The second-order valence-electron chi connectivity index (χ2n) is 14.2. The Hall–Kier alpha value is -4.56. The van der Waals surface area contributed by atoms with Crippen molar-refractivity contribution in [1.29, 1.82) is 5.26 Å². The number of nitrogens with zero attached hydrogens (tertiary/aromatic N) is 6. The van der Waals surface area contributed by atoms with E-state index in [1.54, 1.807) is 23.6 Å². The standard InChI is InChI=1S/C36H32F8N6O2S/c1-5-25(51)49-13-18(3)50(14-17(49)2)32-21-10-23(35(39,40)41)27(20-6-7-24(37)30-26(20)22(12-45)31(53-30)36(42,43)44)28(38)29(21)46-33(47-32)52-15-19-11-34(8-9-34)16-48(19)4/h5-7,10,17-19H,1,8-9,11,13-16H2,2-4H3/t17-,18+,19+/m1/s1. The Labute approximate surface area is 302 Å². The third-order valence-corrected chi connectivity index (χ3v) is 11.8. The lowest BCUT2D eigenvalue weighted by molar-refractivity contribution is -0.137. The highest BCUT2D eigenvalue weighted by molar-refractivity contribution is 7.19. The van der Waals surface area contributed by atoms with Crippen molar-refractivity contribution in [1.82, 2.24) is 19.8 Å². The average Bonchev–Trinajstić information content (AvgIpc) is 3.58. The van der Waals surface area contributed by atoms with Gasteiger partial charge in [0.15, 0.2) is 5.82 Å². The predicted octanol–water partition coefficient (Wildman–Crippen LogP) is 8.17. The van der Waals surface area contributed by atoms with E-state index in [0.29, 0.717) is 12.1 Å². The van der Waals surface area contributed by atoms with Crippen LogP contribution in [-0.2, 0) is 17.1 Å². The fourth-order valence-electron chi connectivity index (χ4n) is 7.77. The molecule has 1 saturated carbocycles. The summed E-state index contributed by atoms with van der Waals surface area (Å²) in [5.74, 6) is -3.26. The minimum atomic E-state index is -5.30. The summed E-state index contributed by atoms with van der Waals surface area (Å²) in [5, 5.41) is 8.60. The van der Waals surface area contributed by atoms with Gasteiger partial charge in [-0.15, -0.1) is 11.3 Å². The fraction of sp³-hybridized carbons (Fsp3) is 0.444. The van der Waals surface area contributed by atoms with Gasteiger partial charge in [-0.3, -0.25) is 9.69 Å². The molecule has 2 aromatic carbocycles. The van der Waals surface area contributed by atoms with Gasteiger partial charge >= 0.3 is 18.4 Å². The Morgan fingerprint density at radius 3 is 2.43 bits per heavy atom. The Morgan fingerprint density at radius 2 is 1.83 bits per heavy atom. The Kier molecular flexibility index (Phi) is 8.88. The molecule has 3 atom stereocenters. The van der Waals surface area contributed by atoms with E-state index < -0.39 is 78.8 Å². The molecule has 1 spiro atoms. The van der Waals surface area contributed by atoms with E-state index >= 15 is 22.0 Å². The molecule has 7 rings (SSSR count). The first-order valence-corrected chi connectivity index (χ1v) is 17.6. The van der Waals surface area contributed by atoms with Crippen LogP contribution in [0.25, 0.3) is 32.1 Å². The van der Waals surface area contributed by atoms with Gasteiger partial charge in [0.2, 0.25) is 5.91 Å². The van der Waals surface area contributed by atoms with Crippen molar-refractivity contribution in [2.45, 2.75) is 63.6 Å². The monoisotopic (exact) mass is 764 g/mol. The molecular formula is C36H32F8N6O2S. The van der Waals surface area contributed by atoms with Gasteiger partial charge in [0.1, 0.15) is 34.7 Å². The number of carbonyl (C=O) groups is 1. The highest BCUT2D eigenvalue weighted by atomic mass is 32.1. The van der Waals surface area contributed by atoms with Gasteiger partial charge in [-0.05, 0) is 69.3 Å². The SMILES string of the molecule is C=CC(=O)N1C[C@H](C)N(c2nc(OC[C@@H]3CC4(CC4)CN3C)nc3c(F)c(-c4ccc(F)c5sc(C(F)(F)F)c(C#N)c45)c(C(F)(F)F)cc23)C[C@H]1C. The number of likely N-dealkylation sites (tertiary alicyclic amines) is 1. The molecule has 3 aliphatic rings. The van der Waals surface area contributed by atoms with Crippen LogP contribution in [-0.4, -0.2) is 77.1 Å². The molecule has 3 fully saturated rings. The fourth-order valence-corrected chi connectivity index (χ4v) is 8.82. The highest BCUT2D eigenvalue weighted by Gasteiger charge is 2.51. The first-order chi connectivity index (χ1) is 24.9. The number of fused-ring (bicyclic) bond motifs is 2. The van der Waals surface area contributed by atoms with Gasteiger partial charge < -0.3 is 14.5 Å². The third-order valence-electron chi connectivity index (χ3n) is 10.6. The van der Waals surface area contributed by atoms with Crippen molar-refractivity contribution >= 4 is 44.1 Å². The Bertz CT molecular complexity index is 2210. The maximum absolute atomic E-state index is 17.1. The molecule has 1 aliphatic carbocycles. The molecule has 2 saturated heterocycles. The number of ether oxygens (including phenoxy) is 1. The lowest BCUT2D eigenvalue weighted by Gasteiger charge is -2.44. The molecule has 4 heterocycles.